The van der Waals surface area contributed by atoms with Gasteiger partial charge in [-0.3, -0.25) is 24.0 Å². The first kappa shape index (κ1) is 47.8. The molecule has 0 heterocycles. The minimum Gasteiger partial charge on any atom is -0.550 e. The second-order valence-electron chi connectivity index (χ2n) is 14.8. The molecule has 0 bridgehead atoms. The summed E-state index contributed by atoms with van der Waals surface area (Å²) in [5, 5.41) is 45.7. The lowest BCUT2D eigenvalue weighted by atomic mass is 9.95. The number of aliphatic hydroxyl groups is 2. The number of carbonyl (C=O) groups excluding carboxylic acids is 6. The second kappa shape index (κ2) is 23.2. The zero-order valence-corrected chi connectivity index (χ0v) is 31.7. The van der Waals surface area contributed by atoms with Crippen LogP contribution in [0.1, 0.15) is 108 Å². The number of quaternary nitrogens is 1. The van der Waals surface area contributed by atoms with Crippen molar-refractivity contribution < 1.29 is 44.1 Å². The van der Waals surface area contributed by atoms with Gasteiger partial charge in [-0.05, 0) is 49.4 Å². The predicted molar refractivity (Wildman–Crippen MR) is 186 cm³/mol. The van der Waals surface area contributed by atoms with E-state index in [1.807, 2.05) is 41.5 Å². The maximum atomic E-state index is 13.5. The van der Waals surface area contributed by atoms with Gasteiger partial charge in [0.25, 0.3) is 0 Å². The van der Waals surface area contributed by atoms with Crippen molar-refractivity contribution in [1.82, 2.24) is 32.7 Å². The van der Waals surface area contributed by atoms with Crippen LogP contribution in [0.4, 0.5) is 0 Å². The number of carboxylic acid groups (broad SMARTS) is 1. The molecule has 7 atom stereocenters. The lowest BCUT2D eigenvalue weighted by molar-refractivity contribution is -0.307. The van der Waals surface area contributed by atoms with E-state index in [1.54, 1.807) is 27.7 Å². The Hall–Kier alpha value is -3.30. The van der Waals surface area contributed by atoms with Crippen LogP contribution >= 0.6 is 0 Å². The Morgan fingerprint density at radius 2 is 0.898 bits per heavy atom. The number of carbonyl (C=O) groups is 6. The smallest absolute Gasteiger partial charge is 0.243 e. The van der Waals surface area contributed by atoms with Gasteiger partial charge in [0.05, 0.1) is 30.7 Å². The summed E-state index contributed by atoms with van der Waals surface area (Å²) in [5.41, 5.74) is 0. The van der Waals surface area contributed by atoms with E-state index in [4.69, 9.17) is 0 Å². The predicted octanol–water partition coefficient (Wildman–Crippen LogP) is 0.509. The van der Waals surface area contributed by atoms with Crippen molar-refractivity contribution >= 4 is 35.5 Å². The van der Waals surface area contributed by atoms with Crippen LogP contribution in [0.25, 0.3) is 0 Å². The molecule has 11 N–H and O–H groups in total. The molecule has 0 unspecified atom stereocenters. The summed E-state index contributed by atoms with van der Waals surface area (Å²) in [6.07, 6.45) is -2.99. The van der Waals surface area contributed by atoms with E-state index in [1.165, 1.54) is 6.92 Å². The third-order valence-corrected chi connectivity index (χ3v) is 7.68. The average molecular weight is 703 g/mol. The van der Waals surface area contributed by atoms with Crippen LogP contribution in [0.5, 0.6) is 0 Å². The number of aliphatic carboxylic acids is 1. The number of hydrogen-bond donors (Lipinski definition) is 8. The summed E-state index contributed by atoms with van der Waals surface area (Å²) in [7, 11) is 0. The van der Waals surface area contributed by atoms with Gasteiger partial charge in [-0.1, -0.05) is 69.2 Å². The molecule has 15 heteroatoms. The van der Waals surface area contributed by atoms with E-state index < -0.39 is 84.9 Å². The van der Waals surface area contributed by atoms with Crippen molar-refractivity contribution in [2.75, 3.05) is 0 Å². The molecule has 15 nitrogen and oxygen atoms in total. The van der Waals surface area contributed by atoms with E-state index in [0.717, 1.165) is 0 Å². The van der Waals surface area contributed by atoms with Crippen LogP contribution < -0.4 is 37.8 Å². The molecule has 5 amide bonds. The zero-order valence-electron chi connectivity index (χ0n) is 31.7. The fourth-order valence-corrected chi connectivity index (χ4v) is 5.15. The number of aliphatic hydroxyl groups excluding tert-OH is 2. The Morgan fingerprint density at radius 3 is 1.31 bits per heavy atom. The van der Waals surface area contributed by atoms with Crippen molar-refractivity contribution in [1.29, 1.82) is 0 Å². The van der Waals surface area contributed by atoms with Crippen LogP contribution in [0.3, 0.4) is 0 Å². The van der Waals surface area contributed by atoms with E-state index in [0.29, 0.717) is 12.8 Å². The van der Waals surface area contributed by atoms with E-state index in [2.05, 4.69) is 26.6 Å². The summed E-state index contributed by atoms with van der Waals surface area (Å²) < 4.78 is 0. The molecule has 0 saturated carbocycles. The standard InChI is InChI=1S/C34H63N5O9.H3N/c1-17(2)12-23(37-33(47)31(21(9)10)39-34(48)30(20(7)8)38-27(42)14-19(5)6)25(40)15-28(43)35-22(11)32(46)36-24(13-18(3)4)26(41)16-29(44)45;/h17-26,30-31,40-41H,12-16H2,1-11H3,(H,35,43)(H,36,46)(H,37,47)(H,38,42)(H,39,48)(H,44,45);1H3/t22-,23-,24-,25-,26-,30-,31-;/m0./s1. The molecule has 0 aromatic rings. The van der Waals surface area contributed by atoms with Crippen LogP contribution in [0.2, 0.25) is 0 Å². The molecule has 0 rings (SSSR count). The minimum atomic E-state index is -1.46. The molecule has 0 aliphatic heterocycles. The van der Waals surface area contributed by atoms with Crippen molar-refractivity contribution in [3.63, 3.8) is 0 Å². The van der Waals surface area contributed by atoms with Crippen molar-refractivity contribution in [3.05, 3.63) is 0 Å². The number of carboxylic acids is 1. The van der Waals surface area contributed by atoms with Gasteiger partial charge in [0.2, 0.25) is 29.5 Å². The van der Waals surface area contributed by atoms with Gasteiger partial charge in [0, 0.05) is 18.8 Å². The van der Waals surface area contributed by atoms with E-state index in [9.17, 15) is 44.1 Å². The van der Waals surface area contributed by atoms with E-state index >= 15 is 0 Å². The van der Waals surface area contributed by atoms with Crippen molar-refractivity contribution in [3.8, 4) is 0 Å². The first-order valence-electron chi connectivity index (χ1n) is 17.1. The SMILES string of the molecule is CC(C)CC(=O)N[C@H](C(=O)N[C@H](C(=O)N[C@@H](CC(C)C)[C@@H](O)CC(=O)N[C@@H](C)C(=O)N[C@@H](CC(C)C)[C@@H](O)CC(=O)[O-])C(C)C)C(C)C.[NH4+]. The third-order valence-electron chi connectivity index (χ3n) is 7.68. The van der Waals surface area contributed by atoms with Gasteiger partial charge >= 0.3 is 0 Å². The fraction of sp³-hybridized carbons (Fsp3) is 0.824. The highest BCUT2D eigenvalue weighted by atomic mass is 16.4. The summed E-state index contributed by atoms with van der Waals surface area (Å²) in [6.45, 7) is 19.8. The topological polar surface area (TPSA) is 263 Å². The first-order chi connectivity index (χ1) is 22.0. The number of nitrogens with one attached hydrogen (secondary N) is 5. The molecule has 0 saturated heterocycles. The van der Waals surface area contributed by atoms with Gasteiger partial charge in [-0.2, -0.15) is 0 Å². The summed E-state index contributed by atoms with van der Waals surface area (Å²) in [4.78, 5) is 75.8. The van der Waals surface area contributed by atoms with Gasteiger partial charge in [-0.15, -0.1) is 0 Å². The minimum absolute atomic E-state index is 0. The Bertz CT molecular complexity index is 1070. The molecule has 0 aromatic carbocycles. The molecular weight excluding hydrogens is 636 g/mol. The van der Waals surface area contributed by atoms with Crippen LogP contribution in [-0.2, 0) is 28.8 Å². The maximum Gasteiger partial charge on any atom is 0.243 e. The van der Waals surface area contributed by atoms with Crippen molar-refractivity contribution in [2.24, 2.45) is 29.6 Å². The third kappa shape index (κ3) is 19.5. The highest BCUT2D eigenvalue weighted by molar-refractivity contribution is 5.92. The normalized spacial score (nSPS) is 15.8. The highest BCUT2D eigenvalue weighted by Crippen LogP contribution is 2.15. The molecule has 0 fully saturated rings. The number of hydrogen-bond acceptors (Lipinski definition) is 9. The summed E-state index contributed by atoms with van der Waals surface area (Å²) >= 11 is 0. The first-order valence-corrected chi connectivity index (χ1v) is 17.1. The molecule has 0 aromatic heterocycles. The number of rotatable bonds is 22. The van der Waals surface area contributed by atoms with Crippen molar-refractivity contribution in [2.45, 2.75) is 151 Å². The van der Waals surface area contributed by atoms with Crippen LogP contribution in [0, 0.1) is 29.6 Å². The Labute approximate surface area is 292 Å². The average Bonchev–Trinajstić information content (AvgIpc) is 2.91. The lowest BCUT2D eigenvalue weighted by Gasteiger charge is -2.31. The monoisotopic (exact) mass is 702 g/mol. The molecule has 0 spiro atoms. The molecule has 0 aliphatic rings. The molecule has 49 heavy (non-hydrogen) atoms. The van der Waals surface area contributed by atoms with E-state index in [-0.39, 0.29) is 48.1 Å². The molecule has 0 radical (unpaired) electrons. The Kier molecular flexibility index (Phi) is 22.6. The maximum absolute atomic E-state index is 13.5. The zero-order chi connectivity index (χ0) is 37.5. The number of amides is 5. The van der Waals surface area contributed by atoms with Gasteiger partial charge in [0.15, 0.2) is 0 Å². The summed E-state index contributed by atoms with van der Waals surface area (Å²) in [5.74, 6) is -4.57. The van der Waals surface area contributed by atoms with Crippen LogP contribution in [0.15, 0.2) is 0 Å². The largest absolute Gasteiger partial charge is 0.550 e. The molecule has 0 aliphatic carbocycles. The Balaban J connectivity index is 0. The molecule has 286 valence electrons. The molecular formula is C34H66N6O9. The quantitative estimate of drug-likeness (QED) is 0.0780. The highest BCUT2D eigenvalue weighted by Gasteiger charge is 2.34. The van der Waals surface area contributed by atoms with Gasteiger partial charge in [-0.25, -0.2) is 0 Å². The van der Waals surface area contributed by atoms with Gasteiger partial charge in [0.1, 0.15) is 18.1 Å². The Morgan fingerprint density at radius 1 is 0.510 bits per heavy atom. The van der Waals surface area contributed by atoms with Crippen LogP contribution in [-0.4, -0.2) is 88.1 Å². The lowest BCUT2D eigenvalue weighted by Crippen LogP contribution is -2.59. The second-order valence-corrected chi connectivity index (χ2v) is 14.8. The van der Waals surface area contributed by atoms with Gasteiger partial charge < -0.3 is 52.8 Å². The summed E-state index contributed by atoms with van der Waals surface area (Å²) in [6, 6.07) is -4.68. The fourth-order valence-electron chi connectivity index (χ4n) is 5.15.